The maximum Gasteiger partial charge on any atom is 0.153 e. The molecule has 0 radical (unpaired) electrons. The summed E-state index contributed by atoms with van der Waals surface area (Å²) >= 11 is 11.4. The Morgan fingerprint density at radius 3 is 2.71 bits per heavy atom. The molecule has 2 rings (SSSR count). The zero-order valence-corrected chi connectivity index (χ0v) is 12.5. The molecule has 0 aliphatic carbocycles. The fraction of sp³-hybridized carbons (Fsp3) is 0.0769. The van der Waals surface area contributed by atoms with Gasteiger partial charge in [-0.25, -0.2) is 20.2 Å². The van der Waals surface area contributed by atoms with Gasteiger partial charge in [-0.2, -0.15) is 0 Å². The molecule has 0 aliphatic heterocycles. The summed E-state index contributed by atoms with van der Waals surface area (Å²) in [5.41, 5.74) is 6.87. The van der Waals surface area contributed by atoms with Crippen molar-refractivity contribution in [2.45, 2.75) is 6.92 Å². The number of anilines is 1. The average molecular weight is 328 g/mol. The second-order valence-electron chi connectivity index (χ2n) is 4.22. The first kappa shape index (κ1) is 15.5. The molecule has 1 heterocycles. The van der Waals surface area contributed by atoms with Crippen molar-refractivity contribution < 1.29 is 4.39 Å². The van der Waals surface area contributed by atoms with Crippen molar-refractivity contribution in [2.24, 2.45) is 11.6 Å². The lowest BCUT2D eigenvalue weighted by Gasteiger charge is -2.19. The molecule has 2 aromatic rings. The predicted molar refractivity (Wildman–Crippen MR) is 82.0 cm³/mol. The first-order chi connectivity index (χ1) is 9.90. The largest absolute Gasteiger partial charge is 0.388 e. The fourth-order valence-corrected chi connectivity index (χ4v) is 2.06. The van der Waals surface area contributed by atoms with Crippen LogP contribution in [-0.4, -0.2) is 9.97 Å². The van der Waals surface area contributed by atoms with Crippen molar-refractivity contribution >= 4 is 28.9 Å². The molecule has 0 atom stereocenters. The first-order valence-corrected chi connectivity index (χ1v) is 6.59. The molecule has 21 heavy (non-hydrogen) atoms. The highest BCUT2D eigenvalue weighted by Gasteiger charge is 2.18. The van der Waals surface area contributed by atoms with Gasteiger partial charge in [0.1, 0.15) is 11.5 Å². The van der Waals surface area contributed by atoms with Crippen LogP contribution in [0.5, 0.6) is 0 Å². The van der Waals surface area contributed by atoms with E-state index in [0.29, 0.717) is 17.1 Å². The molecule has 0 fully saturated rings. The molecule has 4 N–H and O–H groups in total. The first-order valence-electron chi connectivity index (χ1n) is 5.84. The van der Waals surface area contributed by atoms with E-state index in [-0.39, 0.29) is 15.7 Å². The van der Waals surface area contributed by atoms with E-state index >= 15 is 0 Å². The predicted octanol–water partition coefficient (Wildman–Crippen LogP) is 2.92. The summed E-state index contributed by atoms with van der Waals surface area (Å²) in [5, 5.41) is 1.02. The Labute approximate surface area is 131 Å². The summed E-state index contributed by atoms with van der Waals surface area (Å²) in [5.74, 6) is 5.20. The van der Waals surface area contributed by atoms with E-state index in [9.17, 15) is 4.39 Å². The molecule has 8 heteroatoms. The summed E-state index contributed by atoms with van der Waals surface area (Å²) < 4.78 is 14.4. The van der Waals surface area contributed by atoms with Crippen molar-refractivity contribution in [1.82, 2.24) is 9.97 Å². The van der Waals surface area contributed by atoms with Gasteiger partial charge >= 0.3 is 0 Å². The van der Waals surface area contributed by atoms with Crippen LogP contribution in [0.2, 0.25) is 5.02 Å². The molecule has 1 aromatic carbocycles. The Bertz CT molecular complexity index is 701. The second-order valence-corrected chi connectivity index (χ2v) is 5.07. The van der Waals surface area contributed by atoms with Crippen molar-refractivity contribution in [2.75, 3.05) is 5.01 Å². The summed E-state index contributed by atoms with van der Waals surface area (Å²) in [7, 11) is 0. The van der Waals surface area contributed by atoms with Crippen LogP contribution < -0.4 is 16.6 Å². The van der Waals surface area contributed by atoms with Crippen LogP contribution in [0.4, 0.5) is 10.1 Å². The number of hydrogen-bond acceptors (Lipinski definition) is 5. The molecule has 1 aromatic heterocycles. The van der Waals surface area contributed by atoms with E-state index in [1.807, 2.05) is 0 Å². The number of benzene rings is 1. The van der Waals surface area contributed by atoms with Gasteiger partial charge in [0.15, 0.2) is 5.82 Å². The maximum atomic E-state index is 14.4. The average Bonchev–Trinajstić information content (AvgIpc) is 2.40. The molecule has 0 spiro atoms. The topological polar surface area (TPSA) is 81.1 Å². The SMILES string of the molecule is Cc1cc(-c2c(N(N)/C=C(\N)Cl)ccc(Cl)c2F)ncn1. The third kappa shape index (κ3) is 3.41. The smallest absolute Gasteiger partial charge is 0.153 e. The molecule has 0 bridgehead atoms. The molecular weight excluding hydrogens is 316 g/mol. The van der Waals surface area contributed by atoms with Crippen LogP contribution in [0.25, 0.3) is 11.3 Å². The number of halogens is 3. The summed E-state index contributed by atoms with van der Waals surface area (Å²) in [6, 6.07) is 4.57. The van der Waals surface area contributed by atoms with Gasteiger partial charge in [0.2, 0.25) is 0 Å². The van der Waals surface area contributed by atoms with E-state index in [1.165, 1.54) is 18.6 Å². The van der Waals surface area contributed by atoms with Crippen LogP contribution in [0, 0.1) is 12.7 Å². The lowest BCUT2D eigenvalue weighted by Crippen LogP contribution is -2.26. The second kappa shape index (κ2) is 6.26. The number of nitrogens with two attached hydrogens (primary N) is 2. The highest BCUT2D eigenvalue weighted by Crippen LogP contribution is 2.35. The van der Waals surface area contributed by atoms with Crippen LogP contribution in [0.1, 0.15) is 5.69 Å². The van der Waals surface area contributed by atoms with E-state index in [2.05, 4.69) is 9.97 Å². The lowest BCUT2D eigenvalue weighted by atomic mass is 10.1. The molecule has 0 amide bonds. The zero-order valence-electron chi connectivity index (χ0n) is 11.0. The van der Waals surface area contributed by atoms with Crippen LogP contribution >= 0.6 is 23.2 Å². The van der Waals surface area contributed by atoms with Crippen molar-refractivity contribution in [1.29, 1.82) is 0 Å². The molecule has 0 saturated carbocycles. The molecule has 0 aliphatic rings. The minimum atomic E-state index is -0.635. The number of nitrogens with zero attached hydrogens (tertiary/aromatic N) is 3. The minimum Gasteiger partial charge on any atom is -0.388 e. The van der Waals surface area contributed by atoms with Crippen molar-refractivity contribution in [3.8, 4) is 11.3 Å². The van der Waals surface area contributed by atoms with Gasteiger partial charge in [-0.15, -0.1) is 0 Å². The maximum absolute atomic E-state index is 14.4. The van der Waals surface area contributed by atoms with Gasteiger partial charge in [-0.05, 0) is 25.1 Å². The summed E-state index contributed by atoms with van der Waals surface area (Å²) in [4.78, 5) is 8.03. The quantitative estimate of drug-likeness (QED) is 0.514. The zero-order chi connectivity index (χ0) is 15.6. The standard InChI is InChI=1S/C13H12Cl2FN5/c1-7-4-9(20-6-19-7)12-10(21(18)5-11(15)17)3-2-8(14)13(12)16/h2-6H,17-18H2,1H3/b11-5-. The molecule has 0 unspecified atom stereocenters. The highest BCUT2D eigenvalue weighted by molar-refractivity contribution is 6.31. The Morgan fingerprint density at radius 2 is 2.10 bits per heavy atom. The monoisotopic (exact) mass is 327 g/mol. The van der Waals surface area contributed by atoms with Crippen LogP contribution in [-0.2, 0) is 0 Å². The Balaban J connectivity index is 2.68. The molecular formula is C13H12Cl2FN5. The van der Waals surface area contributed by atoms with E-state index in [0.717, 1.165) is 5.01 Å². The van der Waals surface area contributed by atoms with Crippen LogP contribution in [0.3, 0.4) is 0 Å². The van der Waals surface area contributed by atoms with E-state index in [4.69, 9.17) is 34.8 Å². The van der Waals surface area contributed by atoms with Crippen molar-refractivity contribution in [3.05, 3.63) is 52.4 Å². The third-order valence-electron chi connectivity index (χ3n) is 2.67. The number of rotatable bonds is 3. The number of aryl methyl sites for hydroxylation is 1. The number of aromatic nitrogens is 2. The number of hydrogen-bond donors (Lipinski definition) is 2. The van der Waals surface area contributed by atoms with Gasteiger partial charge < -0.3 is 5.73 Å². The van der Waals surface area contributed by atoms with E-state index in [1.54, 1.807) is 19.1 Å². The third-order valence-corrected chi connectivity index (χ3v) is 3.06. The van der Waals surface area contributed by atoms with Gasteiger partial charge in [0, 0.05) is 5.69 Å². The summed E-state index contributed by atoms with van der Waals surface area (Å²) in [6.45, 7) is 1.77. The van der Waals surface area contributed by atoms with Gasteiger partial charge in [-0.3, -0.25) is 5.01 Å². The Morgan fingerprint density at radius 1 is 1.38 bits per heavy atom. The molecule has 5 nitrogen and oxygen atoms in total. The number of hydrazine groups is 1. The minimum absolute atomic E-state index is 0.0405. The van der Waals surface area contributed by atoms with Gasteiger partial charge in [0.25, 0.3) is 0 Å². The highest BCUT2D eigenvalue weighted by atomic mass is 35.5. The fourth-order valence-electron chi connectivity index (χ4n) is 1.79. The van der Waals surface area contributed by atoms with Crippen molar-refractivity contribution in [3.63, 3.8) is 0 Å². The normalized spacial score (nSPS) is 11.6. The summed E-state index contributed by atoms with van der Waals surface area (Å²) in [6.07, 6.45) is 2.59. The molecule has 110 valence electrons. The Kier molecular flexibility index (Phi) is 4.62. The lowest BCUT2D eigenvalue weighted by molar-refractivity contribution is 0.631. The van der Waals surface area contributed by atoms with Crippen LogP contribution in [0.15, 0.2) is 35.9 Å². The van der Waals surface area contributed by atoms with Gasteiger partial charge in [0.05, 0.1) is 28.2 Å². The van der Waals surface area contributed by atoms with E-state index < -0.39 is 5.82 Å². The Hall–Kier alpha value is -1.89. The van der Waals surface area contributed by atoms with Gasteiger partial charge in [-0.1, -0.05) is 23.2 Å². The molecule has 0 saturated heterocycles.